The van der Waals surface area contributed by atoms with E-state index in [1.165, 1.54) is 17.9 Å². The lowest BCUT2D eigenvalue weighted by Crippen LogP contribution is -2.04. The van der Waals surface area contributed by atoms with Crippen molar-refractivity contribution in [2.75, 3.05) is 11.5 Å². The lowest BCUT2D eigenvalue weighted by atomic mass is 10.2. The molecule has 4 atom stereocenters. The van der Waals surface area contributed by atoms with Crippen LogP contribution in [0.25, 0.3) is 0 Å². The SMILES string of the molecule is CC(O)C1C2CCSCC21. The highest BCUT2D eigenvalue weighted by Crippen LogP contribution is 2.55. The zero-order valence-electron chi connectivity index (χ0n) is 6.29. The van der Waals surface area contributed by atoms with Crippen LogP contribution in [0.3, 0.4) is 0 Å². The molecule has 2 heteroatoms. The average molecular weight is 158 g/mol. The molecule has 0 bridgehead atoms. The van der Waals surface area contributed by atoms with Gasteiger partial charge >= 0.3 is 0 Å². The maximum atomic E-state index is 9.31. The molecule has 1 saturated carbocycles. The van der Waals surface area contributed by atoms with Crippen molar-refractivity contribution in [1.29, 1.82) is 0 Å². The molecule has 10 heavy (non-hydrogen) atoms. The topological polar surface area (TPSA) is 20.2 Å². The summed E-state index contributed by atoms with van der Waals surface area (Å²) in [6.07, 6.45) is 1.30. The number of hydrogen-bond donors (Lipinski definition) is 1. The molecule has 0 amide bonds. The van der Waals surface area contributed by atoms with Crippen LogP contribution in [0.4, 0.5) is 0 Å². The normalized spacial score (nSPS) is 48.0. The number of aliphatic hydroxyl groups excluding tert-OH is 1. The maximum Gasteiger partial charge on any atom is 0.0546 e. The van der Waals surface area contributed by atoms with E-state index in [4.69, 9.17) is 0 Å². The fraction of sp³-hybridized carbons (Fsp3) is 1.00. The van der Waals surface area contributed by atoms with E-state index in [1.54, 1.807) is 0 Å². The third-order valence-corrected chi connectivity index (χ3v) is 4.01. The van der Waals surface area contributed by atoms with Crippen LogP contribution in [0.1, 0.15) is 13.3 Å². The monoisotopic (exact) mass is 158 g/mol. The van der Waals surface area contributed by atoms with Gasteiger partial charge in [-0.3, -0.25) is 0 Å². The van der Waals surface area contributed by atoms with Crippen molar-refractivity contribution in [2.24, 2.45) is 17.8 Å². The lowest BCUT2D eigenvalue weighted by molar-refractivity contribution is 0.160. The van der Waals surface area contributed by atoms with Gasteiger partial charge in [-0.05, 0) is 42.6 Å². The summed E-state index contributed by atoms with van der Waals surface area (Å²) in [5, 5.41) is 9.31. The molecule has 2 aliphatic rings. The van der Waals surface area contributed by atoms with Crippen molar-refractivity contribution < 1.29 is 5.11 Å². The highest BCUT2D eigenvalue weighted by molar-refractivity contribution is 7.99. The molecular formula is C8H14OS. The van der Waals surface area contributed by atoms with E-state index in [-0.39, 0.29) is 6.10 Å². The second-order valence-corrected chi connectivity index (χ2v) is 4.66. The summed E-state index contributed by atoms with van der Waals surface area (Å²) < 4.78 is 0. The van der Waals surface area contributed by atoms with E-state index in [0.29, 0.717) is 5.92 Å². The van der Waals surface area contributed by atoms with E-state index in [9.17, 15) is 5.11 Å². The van der Waals surface area contributed by atoms with E-state index < -0.39 is 0 Å². The van der Waals surface area contributed by atoms with E-state index in [0.717, 1.165) is 11.8 Å². The van der Waals surface area contributed by atoms with Crippen LogP contribution in [0.5, 0.6) is 0 Å². The van der Waals surface area contributed by atoms with E-state index in [2.05, 4.69) is 11.8 Å². The fourth-order valence-electron chi connectivity index (χ4n) is 2.27. The van der Waals surface area contributed by atoms with Crippen molar-refractivity contribution in [3.05, 3.63) is 0 Å². The van der Waals surface area contributed by atoms with Crippen LogP contribution in [-0.4, -0.2) is 22.7 Å². The van der Waals surface area contributed by atoms with Crippen LogP contribution in [0, 0.1) is 17.8 Å². The Morgan fingerprint density at radius 2 is 2.30 bits per heavy atom. The predicted octanol–water partition coefficient (Wildman–Crippen LogP) is 1.37. The summed E-state index contributed by atoms with van der Waals surface area (Å²) in [5.74, 6) is 5.06. The molecule has 0 aromatic rings. The molecule has 1 aliphatic heterocycles. The van der Waals surface area contributed by atoms with Gasteiger partial charge in [0, 0.05) is 0 Å². The van der Waals surface area contributed by atoms with Crippen molar-refractivity contribution in [3.63, 3.8) is 0 Å². The highest BCUT2D eigenvalue weighted by Gasteiger charge is 2.52. The van der Waals surface area contributed by atoms with Crippen molar-refractivity contribution in [1.82, 2.24) is 0 Å². The average Bonchev–Trinajstić information content (AvgIpc) is 2.60. The first kappa shape index (κ1) is 6.99. The van der Waals surface area contributed by atoms with Crippen molar-refractivity contribution >= 4 is 11.8 Å². The second-order valence-electron chi connectivity index (χ2n) is 3.51. The van der Waals surface area contributed by atoms with Gasteiger partial charge in [-0.2, -0.15) is 11.8 Å². The van der Waals surface area contributed by atoms with Gasteiger partial charge in [0.15, 0.2) is 0 Å². The first-order valence-corrected chi connectivity index (χ1v) is 5.22. The summed E-state index contributed by atoms with van der Waals surface area (Å²) >= 11 is 2.05. The Morgan fingerprint density at radius 1 is 1.50 bits per heavy atom. The summed E-state index contributed by atoms with van der Waals surface area (Å²) in [6, 6.07) is 0. The standard InChI is InChI=1S/C8H14OS/c1-5(9)8-6-2-3-10-4-7(6)8/h5-9H,2-4H2,1H3. The molecule has 0 radical (unpaired) electrons. The molecule has 2 rings (SSSR count). The number of aliphatic hydroxyl groups is 1. The van der Waals surface area contributed by atoms with Gasteiger partial charge in [0.05, 0.1) is 6.10 Å². The Morgan fingerprint density at radius 3 is 2.80 bits per heavy atom. The van der Waals surface area contributed by atoms with Gasteiger partial charge in [-0.1, -0.05) is 0 Å². The molecule has 4 unspecified atom stereocenters. The van der Waals surface area contributed by atoms with Crippen LogP contribution >= 0.6 is 11.8 Å². The van der Waals surface area contributed by atoms with Gasteiger partial charge in [0.25, 0.3) is 0 Å². The number of rotatable bonds is 1. The Balaban J connectivity index is 1.93. The zero-order valence-corrected chi connectivity index (χ0v) is 7.10. The first-order chi connectivity index (χ1) is 4.80. The zero-order chi connectivity index (χ0) is 7.14. The van der Waals surface area contributed by atoms with Gasteiger partial charge < -0.3 is 5.11 Å². The van der Waals surface area contributed by atoms with Crippen LogP contribution in [-0.2, 0) is 0 Å². The molecule has 1 saturated heterocycles. The quantitative estimate of drug-likeness (QED) is 0.622. The molecule has 0 spiro atoms. The Bertz CT molecular complexity index is 123. The molecule has 1 aliphatic carbocycles. The largest absolute Gasteiger partial charge is 0.393 e. The van der Waals surface area contributed by atoms with E-state index >= 15 is 0 Å². The predicted molar refractivity (Wildman–Crippen MR) is 44.1 cm³/mol. The third kappa shape index (κ3) is 0.978. The second kappa shape index (κ2) is 2.42. The van der Waals surface area contributed by atoms with E-state index in [1.807, 2.05) is 6.92 Å². The molecule has 2 fully saturated rings. The molecule has 1 N–H and O–H groups in total. The van der Waals surface area contributed by atoms with Gasteiger partial charge in [-0.25, -0.2) is 0 Å². The Kier molecular flexibility index (Phi) is 1.69. The molecule has 1 heterocycles. The fourth-order valence-corrected chi connectivity index (χ4v) is 3.62. The summed E-state index contributed by atoms with van der Waals surface area (Å²) in [6.45, 7) is 1.94. The Labute approximate surface area is 66.2 Å². The minimum atomic E-state index is -0.0475. The van der Waals surface area contributed by atoms with Gasteiger partial charge in [0.1, 0.15) is 0 Å². The molecule has 1 nitrogen and oxygen atoms in total. The number of thioether (sulfide) groups is 1. The minimum absolute atomic E-state index is 0.0475. The third-order valence-electron chi connectivity index (χ3n) is 2.86. The summed E-state index contributed by atoms with van der Waals surface area (Å²) in [4.78, 5) is 0. The molecular weight excluding hydrogens is 144 g/mol. The molecule has 0 aromatic heterocycles. The van der Waals surface area contributed by atoms with Crippen molar-refractivity contribution in [3.8, 4) is 0 Å². The number of fused-ring (bicyclic) bond motifs is 1. The van der Waals surface area contributed by atoms with Crippen LogP contribution in [0.2, 0.25) is 0 Å². The molecule has 58 valence electrons. The highest BCUT2D eigenvalue weighted by atomic mass is 32.2. The van der Waals surface area contributed by atoms with Crippen molar-refractivity contribution in [2.45, 2.75) is 19.4 Å². The first-order valence-electron chi connectivity index (χ1n) is 4.06. The van der Waals surface area contributed by atoms with Gasteiger partial charge in [-0.15, -0.1) is 0 Å². The van der Waals surface area contributed by atoms with Crippen LogP contribution < -0.4 is 0 Å². The van der Waals surface area contributed by atoms with Crippen LogP contribution in [0.15, 0.2) is 0 Å². The molecule has 0 aromatic carbocycles. The number of hydrogen-bond acceptors (Lipinski definition) is 2. The maximum absolute atomic E-state index is 9.31. The Hall–Kier alpha value is 0.310. The summed E-state index contributed by atoms with van der Waals surface area (Å²) in [7, 11) is 0. The smallest absolute Gasteiger partial charge is 0.0546 e. The summed E-state index contributed by atoms with van der Waals surface area (Å²) in [5.41, 5.74) is 0. The minimum Gasteiger partial charge on any atom is -0.393 e. The lowest BCUT2D eigenvalue weighted by Gasteiger charge is -2.04. The van der Waals surface area contributed by atoms with Gasteiger partial charge in [0.2, 0.25) is 0 Å².